The number of carbonyl (C=O) groups excluding carboxylic acids is 2. The fraction of sp³-hybridized carbons (Fsp3) is 0.533. The molecule has 0 aromatic carbocycles. The van der Waals surface area contributed by atoms with Gasteiger partial charge in [-0.2, -0.15) is 5.26 Å². The average Bonchev–Trinajstić information content (AvgIpc) is 2.34. The second-order valence-electron chi connectivity index (χ2n) is 5.51. The van der Waals surface area contributed by atoms with Gasteiger partial charge in [0.15, 0.2) is 5.78 Å². The topological polar surface area (TPSA) is 96.0 Å². The third-order valence-corrected chi connectivity index (χ3v) is 4.25. The van der Waals surface area contributed by atoms with Crippen LogP contribution in [0.5, 0.6) is 0 Å². The van der Waals surface area contributed by atoms with Crippen LogP contribution in [0, 0.1) is 23.2 Å². The highest BCUT2D eigenvalue weighted by atomic mass is 32.2. The molecule has 114 valence electrons. The molecule has 0 bridgehead atoms. The van der Waals surface area contributed by atoms with Crippen LogP contribution in [0.2, 0.25) is 0 Å². The molecule has 0 radical (unpaired) electrons. The van der Waals surface area contributed by atoms with Crippen molar-refractivity contribution < 1.29 is 9.59 Å². The molecule has 0 fully saturated rings. The number of hydrogen-bond donors (Lipinski definition) is 2. The number of ketones is 1. The summed E-state index contributed by atoms with van der Waals surface area (Å²) in [4.78, 5) is 22.9. The first-order valence-electron chi connectivity index (χ1n) is 6.82. The van der Waals surface area contributed by atoms with Gasteiger partial charge < -0.3 is 11.1 Å². The summed E-state index contributed by atoms with van der Waals surface area (Å²) in [5.41, 5.74) is 7.09. The van der Waals surface area contributed by atoms with E-state index in [0.717, 1.165) is 12.1 Å². The Hall–Kier alpha value is -1.74. The van der Waals surface area contributed by atoms with Crippen molar-refractivity contribution >= 4 is 23.5 Å². The van der Waals surface area contributed by atoms with Crippen LogP contribution in [-0.2, 0) is 9.59 Å². The van der Waals surface area contributed by atoms with Crippen LogP contribution in [0.25, 0.3) is 0 Å². The lowest BCUT2D eigenvalue weighted by Crippen LogP contribution is -2.29. The molecule has 3 N–H and O–H groups in total. The number of primary amides is 1. The number of nitriles is 1. The van der Waals surface area contributed by atoms with Crippen LogP contribution in [-0.4, -0.2) is 17.4 Å². The molecular weight excluding hydrogens is 286 g/mol. The molecule has 1 amide bonds. The Labute approximate surface area is 129 Å². The number of dihydropyridines is 1. The van der Waals surface area contributed by atoms with E-state index in [0.29, 0.717) is 22.1 Å². The fourth-order valence-corrected chi connectivity index (χ4v) is 3.33. The van der Waals surface area contributed by atoms with Gasteiger partial charge in [-0.25, -0.2) is 0 Å². The van der Waals surface area contributed by atoms with Gasteiger partial charge in [-0.1, -0.05) is 25.6 Å². The SMILES string of the molecule is CC(=O)C1=C(C)NC(SCC(N)=O)=C(C#N)[C@@H]1CC(C)C. The van der Waals surface area contributed by atoms with Crippen LogP contribution in [0.15, 0.2) is 21.9 Å². The number of Topliss-reactive ketones (excluding diaryl/α,β-unsaturated/α-hetero) is 1. The summed E-state index contributed by atoms with van der Waals surface area (Å²) in [5, 5.41) is 13.2. The van der Waals surface area contributed by atoms with Crippen molar-refractivity contribution in [3.05, 3.63) is 21.9 Å². The Balaban J connectivity index is 3.23. The molecule has 0 aliphatic carbocycles. The number of thioether (sulfide) groups is 1. The van der Waals surface area contributed by atoms with Crippen LogP contribution in [0.3, 0.4) is 0 Å². The molecule has 1 atom stereocenters. The average molecular weight is 307 g/mol. The molecule has 1 heterocycles. The van der Waals surface area contributed by atoms with E-state index in [1.54, 1.807) is 0 Å². The summed E-state index contributed by atoms with van der Waals surface area (Å²) < 4.78 is 0. The van der Waals surface area contributed by atoms with Crippen LogP contribution in [0.4, 0.5) is 0 Å². The molecule has 0 saturated heterocycles. The van der Waals surface area contributed by atoms with Crippen molar-refractivity contribution in [2.24, 2.45) is 17.6 Å². The van der Waals surface area contributed by atoms with E-state index in [1.807, 2.05) is 6.92 Å². The molecule has 0 unspecified atom stereocenters. The lowest BCUT2D eigenvalue weighted by Gasteiger charge is -2.29. The Bertz CT molecular complexity index is 556. The summed E-state index contributed by atoms with van der Waals surface area (Å²) in [6, 6.07) is 2.20. The van der Waals surface area contributed by atoms with Gasteiger partial charge in [0.2, 0.25) is 5.91 Å². The van der Waals surface area contributed by atoms with Crippen LogP contribution in [0.1, 0.15) is 34.1 Å². The molecule has 1 aliphatic heterocycles. The first kappa shape index (κ1) is 17.3. The third-order valence-electron chi connectivity index (χ3n) is 3.21. The van der Waals surface area contributed by atoms with E-state index in [-0.39, 0.29) is 17.5 Å². The van der Waals surface area contributed by atoms with Gasteiger partial charge in [-0.05, 0) is 26.2 Å². The molecule has 6 heteroatoms. The van der Waals surface area contributed by atoms with Gasteiger partial charge in [0.25, 0.3) is 0 Å². The lowest BCUT2D eigenvalue weighted by atomic mass is 9.81. The summed E-state index contributed by atoms with van der Waals surface area (Å²) in [6.45, 7) is 7.45. The molecule has 0 saturated carbocycles. The second-order valence-corrected chi connectivity index (χ2v) is 6.50. The largest absolute Gasteiger partial charge is 0.369 e. The van der Waals surface area contributed by atoms with E-state index >= 15 is 0 Å². The Morgan fingerprint density at radius 3 is 2.52 bits per heavy atom. The van der Waals surface area contributed by atoms with E-state index in [9.17, 15) is 14.9 Å². The number of nitrogens with one attached hydrogen (secondary N) is 1. The van der Waals surface area contributed by atoms with Gasteiger partial charge >= 0.3 is 0 Å². The highest BCUT2D eigenvalue weighted by Crippen LogP contribution is 2.37. The Morgan fingerprint density at radius 2 is 2.10 bits per heavy atom. The lowest BCUT2D eigenvalue weighted by molar-refractivity contribution is -0.116. The Kier molecular flexibility index (Phi) is 6.03. The zero-order valence-corrected chi connectivity index (χ0v) is 13.6. The number of amides is 1. The van der Waals surface area contributed by atoms with E-state index in [4.69, 9.17) is 5.73 Å². The predicted octanol–water partition coefficient (Wildman–Crippen LogP) is 2.07. The maximum absolute atomic E-state index is 11.9. The van der Waals surface area contributed by atoms with Gasteiger partial charge in [0.1, 0.15) is 0 Å². The standard InChI is InChI=1S/C15H21N3O2S/c1-8(2)5-11-12(6-16)15(21-7-13(17)20)18-9(3)14(11)10(4)19/h8,11,18H,5,7H2,1-4H3,(H2,17,20)/t11-/m0/s1. The minimum Gasteiger partial charge on any atom is -0.369 e. The predicted molar refractivity (Wildman–Crippen MR) is 83.8 cm³/mol. The van der Waals surface area contributed by atoms with Crippen molar-refractivity contribution in [1.82, 2.24) is 5.32 Å². The van der Waals surface area contributed by atoms with Crippen molar-refractivity contribution in [3.63, 3.8) is 0 Å². The number of carbonyl (C=O) groups is 2. The third kappa shape index (κ3) is 4.36. The molecule has 0 aromatic heterocycles. The first-order valence-corrected chi connectivity index (χ1v) is 7.80. The molecule has 1 rings (SSSR count). The number of nitrogens with two attached hydrogens (primary N) is 1. The van der Waals surface area contributed by atoms with E-state index in [1.165, 1.54) is 18.7 Å². The molecule has 0 aromatic rings. The minimum atomic E-state index is -0.439. The van der Waals surface area contributed by atoms with Crippen molar-refractivity contribution in [1.29, 1.82) is 5.26 Å². The van der Waals surface area contributed by atoms with Gasteiger partial charge in [0.05, 0.1) is 22.4 Å². The quantitative estimate of drug-likeness (QED) is 0.783. The monoisotopic (exact) mass is 307 g/mol. The number of hydrogen-bond acceptors (Lipinski definition) is 5. The molecule has 1 aliphatic rings. The van der Waals surface area contributed by atoms with Crippen molar-refractivity contribution in [2.45, 2.75) is 34.1 Å². The van der Waals surface area contributed by atoms with Gasteiger partial charge in [0, 0.05) is 17.2 Å². The first-order chi connectivity index (χ1) is 9.77. The van der Waals surface area contributed by atoms with Crippen molar-refractivity contribution in [3.8, 4) is 6.07 Å². The fourth-order valence-electron chi connectivity index (χ4n) is 2.47. The molecular formula is C15H21N3O2S. The Morgan fingerprint density at radius 1 is 1.48 bits per heavy atom. The number of nitrogens with zero attached hydrogens (tertiary/aromatic N) is 1. The van der Waals surface area contributed by atoms with Crippen LogP contribution < -0.4 is 11.1 Å². The summed E-state index contributed by atoms with van der Waals surface area (Å²) in [7, 11) is 0. The summed E-state index contributed by atoms with van der Waals surface area (Å²) in [5.74, 6) is -0.238. The smallest absolute Gasteiger partial charge is 0.227 e. The van der Waals surface area contributed by atoms with E-state index in [2.05, 4.69) is 25.2 Å². The minimum absolute atomic E-state index is 0.0302. The van der Waals surface area contributed by atoms with Crippen molar-refractivity contribution in [2.75, 3.05) is 5.75 Å². The normalized spacial score (nSPS) is 18.6. The maximum atomic E-state index is 11.9. The highest BCUT2D eigenvalue weighted by molar-refractivity contribution is 8.03. The zero-order valence-electron chi connectivity index (χ0n) is 12.8. The highest BCUT2D eigenvalue weighted by Gasteiger charge is 2.32. The number of allylic oxidation sites excluding steroid dienone is 3. The van der Waals surface area contributed by atoms with Gasteiger partial charge in [-0.3, -0.25) is 9.59 Å². The zero-order chi connectivity index (χ0) is 16.2. The molecule has 5 nitrogen and oxygen atoms in total. The second kappa shape index (κ2) is 7.32. The molecule has 21 heavy (non-hydrogen) atoms. The van der Waals surface area contributed by atoms with Crippen LogP contribution >= 0.6 is 11.8 Å². The van der Waals surface area contributed by atoms with Gasteiger partial charge in [-0.15, -0.1) is 0 Å². The summed E-state index contributed by atoms with van der Waals surface area (Å²) in [6.07, 6.45) is 0.720. The summed E-state index contributed by atoms with van der Waals surface area (Å²) >= 11 is 1.21. The maximum Gasteiger partial charge on any atom is 0.227 e. The molecule has 0 spiro atoms. The van der Waals surface area contributed by atoms with E-state index < -0.39 is 5.91 Å². The number of rotatable bonds is 6.